The molecule has 2 amide bonds. The molecule has 0 saturated carbocycles. The van der Waals surface area contributed by atoms with Gasteiger partial charge < -0.3 is 20.2 Å². The van der Waals surface area contributed by atoms with Crippen molar-refractivity contribution in [2.24, 2.45) is 0 Å². The van der Waals surface area contributed by atoms with Crippen LogP contribution in [-0.4, -0.2) is 72.1 Å². The fourth-order valence-corrected chi connectivity index (χ4v) is 2.59. The van der Waals surface area contributed by atoms with Crippen molar-refractivity contribution in [1.82, 2.24) is 15.1 Å². The number of carbonyl (C=O) groups excluding carboxylic acids is 2. The van der Waals surface area contributed by atoms with Crippen LogP contribution in [0.5, 0.6) is 0 Å². The predicted octanol–water partition coefficient (Wildman–Crippen LogP) is -0.182. The minimum absolute atomic E-state index is 0.0173. The molecule has 0 aliphatic carbocycles. The first kappa shape index (κ1) is 16.9. The molecule has 2 N–H and O–H groups in total. The predicted molar refractivity (Wildman–Crippen MR) is 77.2 cm³/mol. The van der Waals surface area contributed by atoms with E-state index in [-0.39, 0.29) is 19.2 Å². The summed E-state index contributed by atoms with van der Waals surface area (Å²) in [6.07, 6.45) is 2.44. The standard InChI is InChI=1S/C14H27N3O3/c1-3-12(4-2)17(10-11-18)14(20)13(19)16-8-5-6-15-7-9-16/h12,15,18H,3-11H2,1-2H3. The van der Waals surface area contributed by atoms with Gasteiger partial charge in [-0.15, -0.1) is 0 Å². The molecule has 1 aliphatic heterocycles. The monoisotopic (exact) mass is 285 g/mol. The van der Waals surface area contributed by atoms with Crippen molar-refractivity contribution in [3.63, 3.8) is 0 Å². The summed E-state index contributed by atoms with van der Waals surface area (Å²) in [6.45, 7) is 6.89. The molecule has 0 bridgehead atoms. The van der Waals surface area contributed by atoms with Crippen molar-refractivity contribution in [1.29, 1.82) is 0 Å². The van der Waals surface area contributed by atoms with Crippen molar-refractivity contribution in [2.45, 2.75) is 39.2 Å². The molecule has 6 nitrogen and oxygen atoms in total. The molecule has 0 atom stereocenters. The molecule has 20 heavy (non-hydrogen) atoms. The van der Waals surface area contributed by atoms with Gasteiger partial charge >= 0.3 is 11.8 Å². The minimum Gasteiger partial charge on any atom is -0.395 e. The Kier molecular flexibility index (Phi) is 7.54. The van der Waals surface area contributed by atoms with Gasteiger partial charge in [-0.3, -0.25) is 9.59 Å². The van der Waals surface area contributed by atoms with Crippen LogP contribution in [0.2, 0.25) is 0 Å². The topological polar surface area (TPSA) is 72.9 Å². The van der Waals surface area contributed by atoms with E-state index in [4.69, 9.17) is 5.11 Å². The molecule has 1 rings (SSSR count). The third-order valence-electron chi connectivity index (χ3n) is 3.80. The van der Waals surface area contributed by atoms with Crippen molar-refractivity contribution < 1.29 is 14.7 Å². The number of hydrogen-bond donors (Lipinski definition) is 2. The second-order valence-corrected chi connectivity index (χ2v) is 5.09. The second kappa shape index (κ2) is 8.92. The summed E-state index contributed by atoms with van der Waals surface area (Å²) in [5, 5.41) is 12.3. The molecule has 116 valence electrons. The normalized spacial score (nSPS) is 16.1. The van der Waals surface area contributed by atoms with Crippen LogP contribution in [0.4, 0.5) is 0 Å². The number of nitrogens with zero attached hydrogens (tertiary/aromatic N) is 2. The molecular weight excluding hydrogens is 258 g/mol. The van der Waals surface area contributed by atoms with Gasteiger partial charge in [-0.1, -0.05) is 13.8 Å². The molecule has 1 aliphatic rings. The van der Waals surface area contributed by atoms with Gasteiger partial charge in [0.2, 0.25) is 0 Å². The summed E-state index contributed by atoms with van der Waals surface area (Å²) >= 11 is 0. The maximum atomic E-state index is 12.4. The molecule has 0 aromatic carbocycles. The van der Waals surface area contributed by atoms with Gasteiger partial charge in [0.15, 0.2) is 0 Å². The van der Waals surface area contributed by atoms with Crippen LogP contribution < -0.4 is 5.32 Å². The Morgan fingerprint density at radius 3 is 2.55 bits per heavy atom. The molecule has 1 saturated heterocycles. The van der Waals surface area contributed by atoms with Crippen molar-refractivity contribution >= 4 is 11.8 Å². The SMILES string of the molecule is CCC(CC)N(CCO)C(=O)C(=O)N1CCCNCC1. The third-order valence-corrected chi connectivity index (χ3v) is 3.80. The number of nitrogens with one attached hydrogen (secondary N) is 1. The van der Waals surface area contributed by atoms with E-state index in [1.54, 1.807) is 4.90 Å². The molecular formula is C14H27N3O3. The molecule has 6 heteroatoms. The summed E-state index contributed by atoms with van der Waals surface area (Å²) in [5.41, 5.74) is 0. The van der Waals surface area contributed by atoms with E-state index >= 15 is 0 Å². The highest BCUT2D eigenvalue weighted by Gasteiger charge is 2.30. The Morgan fingerprint density at radius 1 is 1.25 bits per heavy atom. The van der Waals surface area contributed by atoms with Gasteiger partial charge in [-0.25, -0.2) is 0 Å². The minimum atomic E-state index is -0.477. The lowest BCUT2D eigenvalue weighted by molar-refractivity contribution is -0.153. The smallest absolute Gasteiger partial charge is 0.312 e. The number of aliphatic hydroxyl groups is 1. The second-order valence-electron chi connectivity index (χ2n) is 5.09. The molecule has 0 unspecified atom stereocenters. The van der Waals surface area contributed by atoms with E-state index in [1.165, 1.54) is 4.90 Å². The highest BCUT2D eigenvalue weighted by Crippen LogP contribution is 2.10. The number of aliphatic hydroxyl groups excluding tert-OH is 1. The Balaban J connectivity index is 2.73. The Morgan fingerprint density at radius 2 is 1.95 bits per heavy atom. The Hall–Kier alpha value is -1.14. The molecule has 1 heterocycles. The summed E-state index contributed by atoms with van der Waals surface area (Å²) in [4.78, 5) is 27.9. The van der Waals surface area contributed by atoms with Gasteiger partial charge in [-0.05, 0) is 25.8 Å². The van der Waals surface area contributed by atoms with Crippen LogP contribution in [-0.2, 0) is 9.59 Å². The Bertz CT molecular complexity index is 311. The lowest BCUT2D eigenvalue weighted by atomic mass is 10.1. The van der Waals surface area contributed by atoms with Crippen LogP contribution in [0.25, 0.3) is 0 Å². The molecule has 0 aromatic heterocycles. The largest absolute Gasteiger partial charge is 0.395 e. The van der Waals surface area contributed by atoms with Crippen molar-refractivity contribution in [3.05, 3.63) is 0 Å². The number of rotatable bonds is 5. The third kappa shape index (κ3) is 4.45. The van der Waals surface area contributed by atoms with Gasteiger partial charge in [-0.2, -0.15) is 0 Å². The molecule has 0 radical (unpaired) electrons. The summed E-state index contributed by atoms with van der Waals surface area (Å²) < 4.78 is 0. The lowest BCUT2D eigenvalue weighted by Crippen LogP contribution is -2.50. The van der Waals surface area contributed by atoms with Crippen LogP contribution in [0, 0.1) is 0 Å². The van der Waals surface area contributed by atoms with Gasteiger partial charge in [0, 0.05) is 32.2 Å². The van der Waals surface area contributed by atoms with Gasteiger partial charge in [0.1, 0.15) is 0 Å². The van der Waals surface area contributed by atoms with Crippen molar-refractivity contribution in [2.75, 3.05) is 39.3 Å². The highest BCUT2D eigenvalue weighted by atomic mass is 16.3. The van der Waals surface area contributed by atoms with Crippen LogP contribution >= 0.6 is 0 Å². The number of carbonyl (C=O) groups is 2. The van der Waals surface area contributed by atoms with E-state index in [0.29, 0.717) is 13.1 Å². The number of hydrogen-bond acceptors (Lipinski definition) is 4. The van der Waals surface area contributed by atoms with E-state index in [1.807, 2.05) is 13.8 Å². The molecule has 0 spiro atoms. The fourth-order valence-electron chi connectivity index (χ4n) is 2.59. The van der Waals surface area contributed by atoms with E-state index in [9.17, 15) is 9.59 Å². The zero-order chi connectivity index (χ0) is 15.0. The van der Waals surface area contributed by atoms with E-state index in [0.717, 1.165) is 32.4 Å². The van der Waals surface area contributed by atoms with Crippen LogP contribution in [0.3, 0.4) is 0 Å². The fraction of sp³-hybridized carbons (Fsp3) is 0.857. The van der Waals surface area contributed by atoms with E-state index < -0.39 is 11.8 Å². The average molecular weight is 285 g/mol. The first-order valence-corrected chi connectivity index (χ1v) is 7.57. The molecule has 1 fully saturated rings. The van der Waals surface area contributed by atoms with Crippen LogP contribution in [0.15, 0.2) is 0 Å². The first-order valence-electron chi connectivity index (χ1n) is 7.57. The summed E-state index contributed by atoms with van der Waals surface area (Å²) in [5.74, 6) is -0.913. The lowest BCUT2D eigenvalue weighted by Gasteiger charge is -2.31. The quantitative estimate of drug-likeness (QED) is 0.687. The molecule has 0 aromatic rings. The van der Waals surface area contributed by atoms with Crippen LogP contribution in [0.1, 0.15) is 33.1 Å². The zero-order valence-corrected chi connectivity index (χ0v) is 12.6. The first-order chi connectivity index (χ1) is 9.65. The maximum absolute atomic E-state index is 12.4. The van der Waals surface area contributed by atoms with E-state index in [2.05, 4.69) is 5.32 Å². The zero-order valence-electron chi connectivity index (χ0n) is 12.6. The summed E-state index contributed by atoms with van der Waals surface area (Å²) in [6, 6.07) is 0.0173. The van der Waals surface area contributed by atoms with Gasteiger partial charge in [0.25, 0.3) is 0 Å². The summed E-state index contributed by atoms with van der Waals surface area (Å²) in [7, 11) is 0. The maximum Gasteiger partial charge on any atom is 0.312 e. The highest BCUT2D eigenvalue weighted by molar-refractivity contribution is 6.35. The van der Waals surface area contributed by atoms with Gasteiger partial charge in [0.05, 0.1) is 6.61 Å². The average Bonchev–Trinajstić information content (AvgIpc) is 2.75. The Labute approximate surface area is 121 Å². The van der Waals surface area contributed by atoms with Crippen molar-refractivity contribution in [3.8, 4) is 0 Å². The number of amides is 2.